The summed E-state index contributed by atoms with van der Waals surface area (Å²) in [6.45, 7) is 0.659. The fourth-order valence-electron chi connectivity index (χ4n) is 3.87. The Labute approximate surface area is 166 Å². The maximum absolute atomic E-state index is 13.3. The molecule has 5 rings (SSSR count). The number of anilines is 2. The van der Waals surface area contributed by atoms with Crippen molar-refractivity contribution in [1.82, 2.24) is 0 Å². The van der Waals surface area contributed by atoms with Gasteiger partial charge in [-0.3, -0.25) is 14.7 Å². The lowest BCUT2D eigenvalue weighted by Crippen LogP contribution is -2.45. The van der Waals surface area contributed by atoms with Crippen molar-refractivity contribution in [2.45, 2.75) is 5.72 Å². The molecule has 2 heterocycles. The van der Waals surface area contributed by atoms with Crippen molar-refractivity contribution in [3.05, 3.63) is 88.4 Å². The lowest BCUT2D eigenvalue weighted by atomic mass is 9.92. The molecule has 0 aromatic heterocycles. The molecule has 0 fully saturated rings. The normalized spacial score (nSPS) is 19.9. The monoisotopic (exact) mass is 389 g/mol. The topological polar surface area (TPSA) is 64.9 Å². The average Bonchev–Trinajstić information content (AvgIpc) is 2.96. The Hall–Kier alpha value is -3.15. The van der Waals surface area contributed by atoms with Gasteiger partial charge in [-0.2, -0.15) is 0 Å². The third-order valence-electron chi connectivity index (χ3n) is 5.14. The van der Waals surface area contributed by atoms with Crippen LogP contribution in [0.5, 0.6) is 0 Å². The van der Waals surface area contributed by atoms with E-state index in [2.05, 4.69) is 10.3 Å². The van der Waals surface area contributed by atoms with E-state index in [1.54, 1.807) is 48.7 Å². The van der Waals surface area contributed by atoms with Crippen LogP contribution in [0.3, 0.4) is 0 Å². The van der Waals surface area contributed by atoms with E-state index in [-0.39, 0.29) is 5.91 Å². The molecule has 0 spiro atoms. The van der Waals surface area contributed by atoms with Crippen LogP contribution in [-0.4, -0.2) is 23.8 Å². The van der Waals surface area contributed by atoms with Crippen molar-refractivity contribution in [2.75, 3.05) is 16.8 Å². The predicted octanol–water partition coefficient (Wildman–Crippen LogP) is 4.32. The summed E-state index contributed by atoms with van der Waals surface area (Å²) in [6.07, 6.45) is 1.78. The Morgan fingerprint density at radius 1 is 1.07 bits per heavy atom. The van der Waals surface area contributed by atoms with Crippen molar-refractivity contribution in [2.24, 2.45) is 4.99 Å². The number of carbonyl (C=O) groups excluding carboxylic acids is 1. The van der Waals surface area contributed by atoms with Gasteiger partial charge in [0.2, 0.25) is 0 Å². The number of aliphatic hydroxyl groups is 1. The van der Waals surface area contributed by atoms with Crippen LogP contribution in [0.1, 0.15) is 21.5 Å². The summed E-state index contributed by atoms with van der Waals surface area (Å²) in [5.41, 5.74) is 2.03. The summed E-state index contributed by atoms with van der Waals surface area (Å²) in [4.78, 5) is 19.1. The summed E-state index contributed by atoms with van der Waals surface area (Å²) in [6, 6.07) is 19.5. The lowest BCUT2D eigenvalue weighted by Gasteiger charge is -2.35. The first-order valence-electron chi connectivity index (χ1n) is 8.92. The standard InChI is InChI=1S/C22H16ClN3O2/c23-15-4-3-5-16(13-15)26-21(27)17-6-1-2-7-18(17)22(26,28)14-8-9-19-20(12-14)25-11-10-24-19/h1-9,11-13,24,28H,10H2. The molecule has 5 nitrogen and oxygen atoms in total. The zero-order chi connectivity index (χ0) is 19.3. The molecule has 2 aliphatic heterocycles. The Kier molecular flexibility index (Phi) is 3.75. The van der Waals surface area contributed by atoms with Crippen molar-refractivity contribution in [3.8, 4) is 0 Å². The second-order valence-corrected chi connectivity index (χ2v) is 7.20. The van der Waals surface area contributed by atoms with E-state index >= 15 is 0 Å². The van der Waals surface area contributed by atoms with Gasteiger partial charge in [-0.25, -0.2) is 0 Å². The molecule has 1 atom stereocenters. The van der Waals surface area contributed by atoms with Gasteiger partial charge >= 0.3 is 0 Å². The molecular formula is C22H16ClN3O2. The van der Waals surface area contributed by atoms with Crippen molar-refractivity contribution in [1.29, 1.82) is 0 Å². The number of nitrogens with one attached hydrogen (secondary N) is 1. The summed E-state index contributed by atoms with van der Waals surface area (Å²) in [7, 11) is 0. The third kappa shape index (κ3) is 2.37. The van der Waals surface area contributed by atoms with Crippen LogP contribution in [0.4, 0.5) is 17.1 Å². The molecule has 1 unspecified atom stereocenters. The second kappa shape index (κ2) is 6.19. The molecule has 28 heavy (non-hydrogen) atoms. The van der Waals surface area contributed by atoms with E-state index in [4.69, 9.17) is 11.6 Å². The van der Waals surface area contributed by atoms with Gasteiger partial charge in [-0.1, -0.05) is 41.9 Å². The number of aliphatic imine (C=N–C) groups is 1. The second-order valence-electron chi connectivity index (χ2n) is 6.76. The molecule has 0 radical (unpaired) electrons. The highest BCUT2D eigenvalue weighted by molar-refractivity contribution is 6.31. The van der Waals surface area contributed by atoms with Gasteiger partial charge in [-0.15, -0.1) is 0 Å². The van der Waals surface area contributed by atoms with Gasteiger partial charge in [0.1, 0.15) is 0 Å². The minimum atomic E-state index is -1.67. The largest absolute Gasteiger partial charge is 0.378 e. The van der Waals surface area contributed by atoms with E-state index < -0.39 is 5.72 Å². The molecule has 3 aromatic carbocycles. The summed E-state index contributed by atoms with van der Waals surface area (Å²) in [5, 5.41) is 15.7. The van der Waals surface area contributed by atoms with Crippen LogP contribution in [-0.2, 0) is 5.72 Å². The number of rotatable bonds is 2. The van der Waals surface area contributed by atoms with E-state index in [0.29, 0.717) is 33.9 Å². The maximum Gasteiger partial charge on any atom is 0.261 e. The van der Waals surface area contributed by atoms with Crippen LogP contribution in [0, 0.1) is 0 Å². The molecule has 2 aliphatic rings. The van der Waals surface area contributed by atoms with E-state index in [9.17, 15) is 9.90 Å². The first-order valence-corrected chi connectivity index (χ1v) is 9.30. The van der Waals surface area contributed by atoms with Crippen molar-refractivity contribution < 1.29 is 9.90 Å². The number of carbonyl (C=O) groups is 1. The first kappa shape index (κ1) is 17.0. The van der Waals surface area contributed by atoms with Crippen LogP contribution in [0.2, 0.25) is 5.02 Å². The number of halogens is 1. The molecule has 6 heteroatoms. The van der Waals surface area contributed by atoms with Crippen LogP contribution in [0.15, 0.2) is 71.7 Å². The molecule has 138 valence electrons. The summed E-state index contributed by atoms with van der Waals surface area (Å²) < 4.78 is 0. The minimum absolute atomic E-state index is 0.278. The SMILES string of the molecule is O=C1c2ccccc2C(O)(c2ccc3c(c2)N=CCN3)N1c1cccc(Cl)c1. The molecular weight excluding hydrogens is 374 g/mol. The van der Waals surface area contributed by atoms with Gasteiger partial charge in [-0.05, 0) is 36.4 Å². The molecule has 0 saturated heterocycles. The zero-order valence-electron chi connectivity index (χ0n) is 14.8. The Bertz CT molecular complexity index is 1140. The number of benzene rings is 3. The van der Waals surface area contributed by atoms with E-state index in [1.165, 1.54) is 4.90 Å². The molecule has 0 saturated carbocycles. The third-order valence-corrected chi connectivity index (χ3v) is 5.38. The Morgan fingerprint density at radius 2 is 1.93 bits per heavy atom. The van der Waals surface area contributed by atoms with Crippen molar-refractivity contribution in [3.63, 3.8) is 0 Å². The number of fused-ring (bicyclic) bond motifs is 2. The van der Waals surface area contributed by atoms with Gasteiger partial charge < -0.3 is 10.4 Å². The Balaban J connectivity index is 1.76. The fourth-order valence-corrected chi connectivity index (χ4v) is 4.05. The quantitative estimate of drug-likeness (QED) is 0.686. The first-order chi connectivity index (χ1) is 13.6. The van der Waals surface area contributed by atoms with Gasteiger partial charge in [0, 0.05) is 33.6 Å². The highest BCUT2D eigenvalue weighted by Crippen LogP contribution is 2.46. The average molecular weight is 390 g/mol. The van der Waals surface area contributed by atoms with Gasteiger partial charge in [0.05, 0.1) is 17.9 Å². The number of hydrogen-bond donors (Lipinski definition) is 2. The van der Waals surface area contributed by atoms with Gasteiger partial charge in [0.15, 0.2) is 5.72 Å². The summed E-state index contributed by atoms with van der Waals surface area (Å²) in [5.74, 6) is -0.278. The minimum Gasteiger partial charge on any atom is -0.378 e. The van der Waals surface area contributed by atoms with Crippen LogP contribution >= 0.6 is 11.6 Å². The van der Waals surface area contributed by atoms with E-state index in [0.717, 1.165) is 11.4 Å². The van der Waals surface area contributed by atoms with Crippen LogP contribution < -0.4 is 10.2 Å². The molecule has 1 amide bonds. The Morgan fingerprint density at radius 3 is 2.79 bits per heavy atom. The fraction of sp³-hybridized carbons (Fsp3) is 0.0909. The zero-order valence-corrected chi connectivity index (χ0v) is 15.5. The number of hydrogen-bond acceptors (Lipinski definition) is 4. The van der Waals surface area contributed by atoms with Crippen molar-refractivity contribution >= 4 is 40.8 Å². The molecule has 2 N–H and O–H groups in total. The van der Waals surface area contributed by atoms with E-state index in [1.807, 2.05) is 24.3 Å². The highest BCUT2D eigenvalue weighted by atomic mass is 35.5. The maximum atomic E-state index is 13.3. The number of amides is 1. The number of nitrogens with zero attached hydrogens (tertiary/aromatic N) is 2. The summed E-state index contributed by atoms with van der Waals surface area (Å²) >= 11 is 6.17. The van der Waals surface area contributed by atoms with Crippen LogP contribution in [0.25, 0.3) is 0 Å². The molecule has 0 aliphatic carbocycles. The predicted molar refractivity (Wildman–Crippen MR) is 111 cm³/mol. The molecule has 3 aromatic rings. The molecule has 0 bridgehead atoms. The lowest BCUT2D eigenvalue weighted by molar-refractivity contribution is 0.0704. The van der Waals surface area contributed by atoms with Gasteiger partial charge in [0.25, 0.3) is 5.91 Å². The highest BCUT2D eigenvalue weighted by Gasteiger charge is 2.50. The smallest absolute Gasteiger partial charge is 0.261 e.